The Kier molecular flexibility index (Phi) is 7.57. The van der Waals surface area contributed by atoms with E-state index >= 15 is 0 Å². The van der Waals surface area contributed by atoms with Crippen LogP contribution in [0.4, 0.5) is 0 Å². The minimum Gasteiger partial charge on any atom is -0.444 e. The third-order valence-corrected chi connectivity index (χ3v) is 6.62. The van der Waals surface area contributed by atoms with E-state index in [0.717, 1.165) is 23.0 Å². The summed E-state index contributed by atoms with van der Waals surface area (Å²) in [6.07, 6.45) is 0. The molecule has 1 saturated heterocycles. The van der Waals surface area contributed by atoms with Crippen molar-refractivity contribution < 1.29 is 12.8 Å². The van der Waals surface area contributed by atoms with Gasteiger partial charge in [-0.3, -0.25) is 0 Å². The summed E-state index contributed by atoms with van der Waals surface area (Å²) in [5.41, 5.74) is 0.856. The Morgan fingerprint density at radius 2 is 2.04 bits per heavy atom. The van der Waals surface area contributed by atoms with Crippen LogP contribution in [0, 0.1) is 13.8 Å². The van der Waals surface area contributed by atoms with E-state index in [1.165, 1.54) is 0 Å². The molecule has 0 atom stereocenters. The van der Waals surface area contributed by atoms with Crippen LogP contribution in [-0.2, 0) is 16.6 Å². The highest BCUT2D eigenvalue weighted by molar-refractivity contribution is 7.99. The normalized spacial score (nSPS) is 16.8. The third-order valence-electron chi connectivity index (χ3n) is 3.81. The molecular formula is C15H27N5O3S2. The van der Waals surface area contributed by atoms with Crippen LogP contribution in [-0.4, -0.2) is 67.1 Å². The molecule has 0 unspecified atom stereocenters. The lowest BCUT2D eigenvalue weighted by Crippen LogP contribution is -2.44. The topological polar surface area (TPSA) is 99.8 Å². The lowest BCUT2D eigenvalue weighted by molar-refractivity contribution is 0.443. The fourth-order valence-corrected chi connectivity index (χ4v) is 4.84. The summed E-state index contributed by atoms with van der Waals surface area (Å²) in [6, 6.07) is 0. The minimum absolute atomic E-state index is 0.0549. The fourth-order valence-electron chi connectivity index (χ4n) is 2.35. The summed E-state index contributed by atoms with van der Waals surface area (Å²) in [5, 5.41) is 6.16. The van der Waals surface area contributed by atoms with Gasteiger partial charge in [0.1, 0.15) is 12.3 Å². The van der Waals surface area contributed by atoms with Gasteiger partial charge in [0.25, 0.3) is 0 Å². The zero-order valence-corrected chi connectivity index (χ0v) is 16.7. The summed E-state index contributed by atoms with van der Waals surface area (Å²) < 4.78 is 31.8. The molecule has 2 N–H and O–H groups in total. The largest absolute Gasteiger partial charge is 0.444 e. The molecule has 2 heterocycles. The van der Waals surface area contributed by atoms with E-state index in [0.29, 0.717) is 44.6 Å². The van der Waals surface area contributed by atoms with E-state index in [-0.39, 0.29) is 5.75 Å². The van der Waals surface area contributed by atoms with Gasteiger partial charge in [0, 0.05) is 37.7 Å². The van der Waals surface area contributed by atoms with E-state index in [4.69, 9.17) is 4.42 Å². The molecule has 8 nitrogen and oxygen atoms in total. The van der Waals surface area contributed by atoms with Crippen LogP contribution in [0.5, 0.6) is 0 Å². The number of aryl methyl sites for hydroxylation is 2. The second-order valence-electron chi connectivity index (χ2n) is 5.70. The monoisotopic (exact) mass is 389 g/mol. The average molecular weight is 390 g/mol. The van der Waals surface area contributed by atoms with Gasteiger partial charge in [0.05, 0.1) is 11.4 Å². The molecular weight excluding hydrogens is 362 g/mol. The highest BCUT2D eigenvalue weighted by atomic mass is 32.2. The maximum atomic E-state index is 12.3. The molecule has 0 radical (unpaired) electrons. The smallest absolute Gasteiger partial charge is 0.216 e. The van der Waals surface area contributed by atoms with Crippen molar-refractivity contribution in [2.75, 3.05) is 43.4 Å². The van der Waals surface area contributed by atoms with Crippen LogP contribution in [0.1, 0.15) is 24.3 Å². The number of rotatable bonds is 7. The zero-order chi connectivity index (χ0) is 18.3. The molecule has 142 valence electrons. The summed E-state index contributed by atoms with van der Waals surface area (Å²) in [6.45, 7) is 8.21. The van der Waals surface area contributed by atoms with Crippen molar-refractivity contribution in [3.63, 3.8) is 0 Å². The molecule has 1 aromatic heterocycles. The van der Waals surface area contributed by atoms with E-state index in [1.807, 2.05) is 20.8 Å². The van der Waals surface area contributed by atoms with E-state index in [2.05, 4.69) is 20.6 Å². The van der Waals surface area contributed by atoms with Crippen molar-refractivity contribution in [3.8, 4) is 0 Å². The first kappa shape index (κ1) is 20.1. The number of guanidine groups is 1. The maximum Gasteiger partial charge on any atom is 0.216 e. The molecule has 0 aromatic carbocycles. The molecule has 1 aliphatic heterocycles. The van der Waals surface area contributed by atoms with E-state index in [1.54, 1.807) is 16.1 Å². The van der Waals surface area contributed by atoms with Gasteiger partial charge in [-0.05, 0) is 20.8 Å². The van der Waals surface area contributed by atoms with Crippen LogP contribution in [0.25, 0.3) is 0 Å². The van der Waals surface area contributed by atoms with Crippen molar-refractivity contribution in [2.24, 2.45) is 4.99 Å². The van der Waals surface area contributed by atoms with Gasteiger partial charge in [-0.1, -0.05) is 0 Å². The number of aromatic nitrogens is 1. The van der Waals surface area contributed by atoms with Crippen LogP contribution in [0.3, 0.4) is 0 Å². The Labute approximate surface area is 153 Å². The molecule has 0 aliphatic carbocycles. The van der Waals surface area contributed by atoms with Gasteiger partial charge in [0.15, 0.2) is 5.96 Å². The van der Waals surface area contributed by atoms with Crippen molar-refractivity contribution >= 4 is 27.7 Å². The van der Waals surface area contributed by atoms with E-state index < -0.39 is 10.0 Å². The number of nitrogens with zero attached hydrogens (tertiary/aromatic N) is 3. The van der Waals surface area contributed by atoms with Gasteiger partial charge in [0.2, 0.25) is 15.9 Å². The van der Waals surface area contributed by atoms with Crippen molar-refractivity contribution in [3.05, 3.63) is 17.3 Å². The Balaban J connectivity index is 1.86. The molecule has 1 aromatic rings. The van der Waals surface area contributed by atoms with Crippen LogP contribution in [0.15, 0.2) is 9.41 Å². The number of sulfonamides is 1. The van der Waals surface area contributed by atoms with Crippen molar-refractivity contribution in [1.29, 1.82) is 0 Å². The Morgan fingerprint density at radius 3 is 2.64 bits per heavy atom. The van der Waals surface area contributed by atoms with Gasteiger partial charge in [-0.15, -0.1) is 0 Å². The summed E-state index contributed by atoms with van der Waals surface area (Å²) in [7, 11) is -3.22. The first-order valence-corrected chi connectivity index (χ1v) is 11.2. The highest BCUT2D eigenvalue weighted by Crippen LogP contribution is 2.13. The molecule has 2 rings (SSSR count). The SMILES string of the molecule is CCNC(=NCc1nc(C)c(C)o1)NCCS(=O)(=O)N1CCSCC1. The predicted molar refractivity (Wildman–Crippen MR) is 101 cm³/mol. The van der Waals surface area contributed by atoms with Gasteiger partial charge < -0.3 is 15.1 Å². The number of nitrogens with one attached hydrogen (secondary N) is 2. The van der Waals surface area contributed by atoms with Gasteiger partial charge in [-0.25, -0.2) is 22.7 Å². The van der Waals surface area contributed by atoms with Crippen LogP contribution < -0.4 is 10.6 Å². The predicted octanol–water partition coefficient (Wildman–Crippen LogP) is 0.725. The second kappa shape index (κ2) is 9.44. The average Bonchev–Trinajstić information content (AvgIpc) is 2.91. The molecule has 1 aliphatic rings. The molecule has 0 amide bonds. The number of hydrogen-bond acceptors (Lipinski definition) is 6. The Morgan fingerprint density at radius 1 is 1.32 bits per heavy atom. The quantitative estimate of drug-likeness (QED) is 0.524. The van der Waals surface area contributed by atoms with Gasteiger partial charge in [-0.2, -0.15) is 11.8 Å². The summed E-state index contributed by atoms with van der Waals surface area (Å²) in [5.74, 6) is 3.68. The first-order chi connectivity index (χ1) is 11.9. The minimum atomic E-state index is -3.22. The molecule has 0 bridgehead atoms. The standard InChI is InChI=1S/C15H27N5O3S2/c1-4-16-15(18-11-14-19-12(2)13(3)23-14)17-5-10-25(21,22)20-6-8-24-9-7-20/h4-11H2,1-3H3,(H2,16,17,18). The molecule has 10 heteroatoms. The Bertz CT molecular complexity index is 662. The maximum absolute atomic E-state index is 12.3. The van der Waals surface area contributed by atoms with Crippen LogP contribution in [0.2, 0.25) is 0 Å². The number of thioether (sulfide) groups is 1. The third kappa shape index (κ3) is 6.19. The van der Waals surface area contributed by atoms with E-state index in [9.17, 15) is 8.42 Å². The lowest BCUT2D eigenvalue weighted by atomic mass is 10.4. The zero-order valence-electron chi connectivity index (χ0n) is 15.0. The van der Waals surface area contributed by atoms with Gasteiger partial charge >= 0.3 is 0 Å². The molecule has 1 fully saturated rings. The Hall–Kier alpha value is -1.26. The number of hydrogen-bond donors (Lipinski definition) is 2. The number of aliphatic imine (C=N–C) groups is 1. The summed E-state index contributed by atoms with van der Waals surface area (Å²) >= 11 is 1.79. The highest BCUT2D eigenvalue weighted by Gasteiger charge is 2.23. The van der Waals surface area contributed by atoms with Crippen molar-refractivity contribution in [1.82, 2.24) is 19.9 Å². The molecule has 0 spiro atoms. The summed E-state index contributed by atoms with van der Waals surface area (Å²) in [4.78, 5) is 8.69. The second-order valence-corrected chi connectivity index (χ2v) is 9.01. The molecule has 0 saturated carbocycles. The molecule has 25 heavy (non-hydrogen) atoms. The van der Waals surface area contributed by atoms with Crippen molar-refractivity contribution in [2.45, 2.75) is 27.3 Å². The van der Waals surface area contributed by atoms with Crippen LogP contribution >= 0.6 is 11.8 Å². The first-order valence-electron chi connectivity index (χ1n) is 8.43. The number of oxazole rings is 1. The lowest BCUT2D eigenvalue weighted by Gasteiger charge is -2.25. The fraction of sp³-hybridized carbons (Fsp3) is 0.733.